The van der Waals surface area contributed by atoms with E-state index in [2.05, 4.69) is 30.6 Å². The Morgan fingerprint density at radius 3 is 2.17 bits per heavy atom. The number of hydrogen-bond acceptors (Lipinski definition) is 3. The van der Waals surface area contributed by atoms with Gasteiger partial charge in [0, 0.05) is 44.7 Å². The molecular formula is C19H39N3O. The lowest BCUT2D eigenvalue weighted by Crippen LogP contribution is -2.55. The first kappa shape index (κ1) is 20.4. The molecule has 2 aliphatic rings. The van der Waals surface area contributed by atoms with Crippen LogP contribution in [0, 0.1) is 5.92 Å². The van der Waals surface area contributed by atoms with Gasteiger partial charge in [-0.15, -0.1) is 0 Å². The number of carbonyl (C=O) groups excluding carboxylic acids is 1. The number of likely N-dealkylation sites (tertiary alicyclic amines) is 1. The van der Waals surface area contributed by atoms with E-state index in [-0.39, 0.29) is 0 Å². The van der Waals surface area contributed by atoms with Gasteiger partial charge < -0.3 is 9.80 Å². The molecule has 2 aliphatic heterocycles. The molecule has 4 heteroatoms. The summed E-state index contributed by atoms with van der Waals surface area (Å²) in [7, 11) is 0. The van der Waals surface area contributed by atoms with E-state index < -0.39 is 0 Å². The van der Waals surface area contributed by atoms with Crippen molar-refractivity contribution in [3.8, 4) is 0 Å². The molecule has 1 amide bonds. The van der Waals surface area contributed by atoms with Crippen molar-refractivity contribution < 1.29 is 4.79 Å². The monoisotopic (exact) mass is 325 g/mol. The van der Waals surface area contributed by atoms with Crippen molar-refractivity contribution in [3.63, 3.8) is 0 Å². The molecule has 2 fully saturated rings. The molecule has 0 aliphatic carbocycles. The third kappa shape index (κ3) is 6.07. The first-order valence-electron chi connectivity index (χ1n) is 9.77. The molecule has 0 saturated carbocycles. The SMILES string of the molecule is CC.CCC(=O)N1CCN(CC2CCN(C(C)C)CC2)C(C)C1. The first-order valence-corrected chi connectivity index (χ1v) is 9.77. The average molecular weight is 326 g/mol. The van der Waals surface area contributed by atoms with Gasteiger partial charge in [-0.25, -0.2) is 0 Å². The van der Waals surface area contributed by atoms with Crippen molar-refractivity contribution in [3.05, 3.63) is 0 Å². The number of hydrogen-bond donors (Lipinski definition) is 0. The maximum Gasteiger partial charge on any atom is 0.222 e. The van der Waals surface area contributed by atoms with E-state index in [0.29, 0.717) is 24.4 Å². The largest absolute Gasteiger partial charge is 0.340 e. The standard InChI is InChI=1S/C17H33N3O.C2H6/c1-5-17(21)20-11-10-19(15(4)12-20)13-16-6-8-18(9-7-16)14(2)3;1-2/h14-16H,5-13H2,1-4H3;1-2H3. The number of rotatable bonds is 4. The Bertz CT molecular complexity index is 338. The molecule has 0 aromatic carbocycles. The molecule has 1 atom stereocenters. The van der Waals surface area contributed by atoms with Gasteiger partial charge in [0.15, 0.2) is 0 Å². The van der Waals surface area contributed by atoms with Crippen LogP contribution >= 0.6 is 0 Å². The highest BCUT2D eigenvalue weighted by atomic mass is 16.2. The highest BCUT2D eigenvalue weighted by Crippen LogP contribution is 2.22. The van der Waals surface area contributed by atoms with E-state index in [1.807, 2.05) is 25.7 Å². The third-order valence-corrected chi connectivity index (χ3v) is 5.29. The van der Waals surface area contributed by atoms with Crippen molar-refractivity contribution in [2.75, 3.05) is 39.3 Å². The Kier molecular flexibility index (Phi) is 9.15. The van der Waals surface area contributed by atoms with Crippen LogP contribution in [0.2, 0.25) is 0 Å². The second-order valence-electron chi connectivity index (χ2n) is 7.11. The normalized spacial score (nSPS) is 24.5. The predicted octanol–water partition coefficient (Wildman–Crippen LogP) is 3.08. The van der Waals surface area contributed by atoms with Crippen molar-refractivity contribution in [2.45, 2.75) is 72.9 Å². The van der Waals surface area contributed by atoms with E-state index >= 15 is 0 Å². The second kappa shape index (κ2) is 10.3. The summed E-state index contributed by atoms with van der Waals surface area (Å²) >= 11 is 0. The molecule has 0 spiro atoms. The lowest BCUT2D eigenvalue weighted by molar-refractivity contribution is -0.133. The molecule has 2 heterocycles. The van der Waals surface area contributed by atoms with Gasteiger partial charge in [-0.3, -0.25) is 9.69 Å². The Morgan fingerprint density at radius 1 is 1.09 bits per heavy atom. The zero-order valence-electron chi connectivity index (χ0n) is 16.3. The summed E-state index contributed by atoms with van der Waals surface area (Å²) in [5.41, 5.74) is 0. The number of nitrogens with zero attached hydrogens (tertiary/aromatic N) is 3. The number of piperazine rings is 1. The summed E-state index contributed by atoms with van der Waals surface area (Å²) in [5.74, 6) is 1.16. The van der Waals surface area contributed by atoms with Gasteiger partial charge in [0.1, 0.15) is 0 Å². The van der Waals surface area contributed by atoms with Gasteiger partial charge >= 0.3 is 0 Å². The van der Waals surface area contributed by atoms with Crippen LogP contribution in [0.5, 0.6) is 0 Å². The molecule has 4 nitrogen and oxygen atoms in total. The minimum Gasteiger partial charge on any atom is -0.340 e. The smallest absolute Gasteiger partial charge is 0.222 e. The Balaban J connectivity index is 0.00000127. The fraction of sp³-hybridized carbons (Fsp3) is 0.947. The molecule has 23 heavy (non-hydrogen) atoms. The summed E-state index contributed by atoms with van der Waals surface area (Å²) in [6.45, 7) is 19.5. The minimum absolute atomic E-state index is 0.312. The molecule has 1 unspecified atom stereocenters. The summed E-state index contributed by atoms with van der Waals surface area (Å²) in [5, 5.41) is 0. The number of amides is 1. The molecule has 0 N–H and O–H groups in total. The van der Waals surface area contributed by atoms with Crippen molar-refractivity contribution >= 4 is 5.91 Å². The van der Waals surface area contributed by atoms with E-state index in [1.165, 1.54) is 32.5 Å². The minimum atomic E-state index is 0.312. The Labute approximate surface area is 144 Å². The molecule has 136 valence electrons. The quantitative estimate of drug-likeness (QED) is 0.795. The third-order valence-electron chi connectivity index (χ3n) is 5.29. The number of carbonyl (C=O) groups is 1. The first-order chi connectivity index (χ1) is 11.0. The zero-order chi connectivity index (χ0) is 17.4. The fourth-order valence-corrected chi connectivity index (χ4v) is 3.70. The lowest BCUT2D eigenvalue weighted by atomic mass is 9.94. The van der Waals surface area contributed by atoms with Crippen LogP contribution in [0.3, 0.4) is 0 Å². The molecule has 0 bridgehead atoms. The van der Waals surface area contributed by atoms with Crippen LogP contribution in [0.15, 0.2) is 0 Å². The zero-order valence-corrected chi connectivity index (χ0v) is 16.3. The maximum atomic E-state index is 11.8. The van der Waals surface area contributed by atoms with Crippen molar-refractivity contribution in [1.29, 1.82) is 0 Å². The summed E-state index contributed by atoms with van der Waals surface area (Å²) in [6.07, 6.45) is 3.30. The predicted molar refractivity (Wildman–Crippen MR) is 98.7 cm³/mol. The van der Waals surface area contributed by atoms with Gasteiger partial charge in [-0.05, 0) is 52.6 Å². The fourth-order valence-electron chi connectivity index (χ4n) is 3.70. The Morgan fingerprint density at radius 2 is 1.70 bits per heavy atom. The van der Waals surface area contributed by atoms with Gasteiger partial charge in [-0.2, -0.15) is 0 Å². The molecule has 0 radical (unpaired) electrons. The Hall–Kier alpha value is -0.610. The van der Waals surface area contributed by atoms with Crippen molar-refractivity contribution in [1.82, 2.24) is 14.7 Å². The van der Waals surface area contributed by atoms with Gasteiger partial charge in [0.05, 0.1) is 0 Å². The molecule has 2 saturated heterocycles. The summed E-state index contributed by atoms with van der Waals surface area (Å²) in [4.78, 5) is 19.1. The van der Waals surface area contributed by atoms with E-state index in [1.54, 1.807) is 0 Å². The van der Waals surface area contributed by atoms with Crippen molar-refractivity contribution in [2.24, 2.45) is 5.92 Å². The second-order valence-corrected chi connectivity index (χ2v) is 7.11. The van der Waals surface area contributed by atoms with Crippen LogP contribution in [0.4, 0.5) is 0 Å². The highest BCUT2D eigenvalue weighted by molar-refractivity contribution is 5.75. The van der Waals surface area contributed by atoms with Gasteiger partial charge in [-0.1, -0.05) is 20.8 Å². The van der Waals surface area contributed by atoms with Gasteiger partial charge in [0.25, 0.3) is 0 Å². The van der Waals surface area contributed by atoms with E-state index in [9.17, 15) is 4.79 Å². The van der Waals surface area contributed by atoms with E-state index in [0.717, 1.165) is 25.6 Å². The highest BCUT2D eigenvalue weighted by Gasteiger charge is 2.29. The van der Waals surface area contributed by atoms with Crippen LogP contribution in [0.1, 0.15) is 60.8 Å². The van der Waals surface area contributed by atoms with E-state index in [4.69, 9.17) is 0 Å². The topological polar surface area (TPSA) is 26.8 Å². The summed E-state index contributed by atoms with van der Waals surface area (Å²) in [6, 6.07) is 1.20. The van der Waals surface area contributed by atoms with Crippen LogP contribution in [-0.4, -0.2) is 72.0 Å². The average Bonchev–Trinajstić information content (AvgIpc) is 2.58. The maximum absolute atomic E-state index is 11.8. The molecule has 0 aromatic heterocycles. The van der Waals surface area contributed by atoms with Crippen LogP contribution in [0.25, 0.3) is 0 Å². The summed E-state index contributed by atoms with van der Waals surface area (Å²) < 4.78 is 0. The lowest BCUT2D eigenvalue weighted by Gasteiger charge is -2.43. The molecular weight excluding hydrogens is 286 g/mol. The van der Waals surface area contributed by atoms with Crippen LogP contribution < -0.4 is 0 Å². The number of piperidine rings is 1. The molecule has 0 aromatic rings. The molecule has 2 rings (SSSR count). The van der Waals surface area contributed by atoms with Gasteiger partial charge in [0.2, 0.25) is 5.91 Å². The van der Waals surface area contributed by atoms with Crippen LogP contribution in [-0.2, 0) is 4.79 Å².